The smallest absolute Gasteiger partial charge is 0.227 e. The third-order valence-electron chi connectivity index (χ3n) is 5.94. The first-order valence-electron chi connectivity index (χ1n) is 10.6. The van der Waals surface area contributed by atoms with E-state index in [0.29, 0.717) is 19.5 Å². The summed E-state index contributed by atoms with van der Waals surface area (Å²) >= 11 is 0. The lowest BCUT2D eigenvalue weighted by Gasteiger charge is -2.17. The Morgan fingerprint density at radius 1 is 0.933 bits per heavy atom. The van der Waals surface area contributed by atoms with Gasteiger partial charge in [0.25, 0.3) is 0 Å². The summed E-state index contributed by atoms with van der Waals surface area (Å²) in [7, 11) is 0. The molecule has 0 bridgehead atoms. The van der Waals surface area contributed by atoms with Gasteiger partial charge in [0.1, 0.15) is 0 Å². The number of hydrogen-bond donors (Lipinski definition) is 1. The Morgan fingerprint density at radius 3 is 2.17 bits per heavy atom. The Labute approximate surface area is 176 Å². The quantitative estimate of drug-likeness (QED) is 0.803. The van der Waals surface area contributed by atoms with Gasteiger partial charge in [0.15, 0.2) is 0 Å². The van der Waals surface area contributed by atoms with E-state index in [1.54, 1.807) is 9.80 Å². The molecule has 0 spiro atoms. The number of amides is 3. The number of aryl methyl sites for hydroxylation is 1. The minimum atomic E-state index is -0.343. The number of nitrogens with zero attached hydrogens (tertiary/aromatic N) is 2. The van der Waals surface area contributed by atoms with Gasteiger partial charge in [0.05, 0.1) is 5.92 Å². The van der Waals surface area contributed by atoms with Crippen molar-refractivity contribution in [3.05, 3.63) is 59.7 Å². The average molecular weight is 405 g/mol. The minimum absolute atomic E-state index is 0.0148. The summed E-state index contributed by atoms with van der Waals surface area (Å²) in [5, 5.41) is 2.95. The molecule has 1 N–H and O–H groups in total. The molecule has 2 aromatic rings. The first-order valence-corrected chi connectivity index (χ1v) is 10.6. The number of nitrogens with one attached hydrogen (secondary N) is 1. The fourth-order valence-electron chi connectivity index (χ4n) is 4.09. The lowest BCUT2D eigenvalue weighted by molar-refractivity contribution is -0.126. The van der Waals surface area contributed by atoms with Crippen LogP contribution in [-0.2, 0) is 27.3 Å². The summed E-state index contributed by atoms with van der Waals surface area (Å²) < 4.78 is 0. The standard InChI is InChI=1S/C24H27N3O3/c1-2-17-5-9-21(10-6-17)27-16-19(14-23(27)29)24(30)25-15-18-7-11-20(12-8-18)26-13-3-4-22(26)28/h5-12,19H,2-4,13-16H2,1H3,(H,25,30)/t19-/m0/s1. The second-order valence-electron chi connectivity index (χ2n) is 7.96. The van der Waals surface area contributed by atoms with E-state index in [1.807, 2.05) is 48.5 Å². The molecule has 0 unspecified atom stereocenters. The first kappa shape index (κ1) is 20.1. The second kappa shape index (κ2) is 8.69. The van der Waals surface area contributed by atoms with Crippen LogP contribution < -0.4 is 15.1 Å². The van der Waals surface area contributed by atoms with E-state index in [4.69, 9.17) is 0 Å². The summed E-state index contributed by atoms with van der Waals surface area (Å²) in [5.74, 6) is -0.297. The molecule has 1 atom stereocenters. The molecule has 0 saturated carbocycles. The highest BCUT2D eigenvalue weighted by molar-refractivity contribution is 6.00. The summed E-state index contributed by atoms with van der Waals surface area (Å²) in [6.07, 6.45) is 2.69. The zero-order valence-corrected chi connectivity index (χ0v) is 17.3. The van der Waals surface area contributed by atoms with Gasteiger partial charge in [0.2, 0.25) is 17.7 Å². The van der Waals surface area contributed by atoms with Crippen LogP contribution in [-0.4, -0.2) is 30.8 Å². The van der Waals surface area contributed by atoms with Crippen LogP contribution in [0.4, 0.5) is 11.4 Å². The normalized spacial score (nSPS) is 18.9. The van der Waals surface area contributed by atoms with Crippen LogP contribution in [0.3, 0.4) is 0 Å². The predicted octanol–water partition coefficient (Wildman–Crippen LogP) is 3.05. The Bertz CT molecular complexity index is 937. The van der Waals surface area contributed by atoms with Crippen molar-refractivity contribution in [2.24, 2.45) is 5.92 Å². The molecule has 30 heavy (non-hydrogen) atoms. The molecule has 2 heterocycles. The van der Waals surface area contributed by atoms with Crippen molar-refractivity contribution in [2.75, 3.05) is 22.9 Å². The number of benzene rings is 2. The summed E-state index contributed by atoms with van der Waals surface area (Å²) in [4.78, 5) is 40.4. The lowest BCUT2D eigenvalue weighted by atomic mass is 10.1. The van der Waals surface area contributed by atoms with Crippen LogP contribution in [0.15, 0.2) is 48.5 Å². The highest BCUT2D eigenvalue weighted by Crippen LogP contribution is 2.26. The fraction of sp³-hybridized carbons (Fsp3) is 0.375. The molecule has 3 amide bonds. The van der Waals surface area contributed by atoms with E-state index in [9.17, 15) is 14.4 Å². The van der Waals surface area contributed by atoms with Crippen molar-refractivity contribution >= 4 is 29.1 Å². The largest absolute Gasteiger partial charge is 0.352 e. The number of hydrogen-bond acceptors (Lipinski definition) is 3. The molecule has 0 aliphatic carbocycles. The van der Waals surface area contributed by atoms with E-state index in [1.165, 1.54) is 5.56 Å². The van der Waals surface area contributed by atoms with Gasteiger partial charge >= 0.3 is 0 Å². The molecule has 2 saturated heterocycles. The molecule has 0 radical (unpaired) electrons. The molecule has 6 heteroatoms. The van der Waals surface area contributed by atoms with Crippen LogP contribution in [0.25, 0.3) is 0 Å². The lowest BCUT2D eigenvalue weighted by Crippen LogP contribution is -2.32. The molecule has 2 aromatic carbocycles. The molecule has 0 aromatic heterocycles. The molecule has 2 aliphatic rings. The first-order chi connectivity index (χ1) is 14.5. The van der Waals surface area contributed by atoms with Crippen molar-refractivity contribution in [2.45, 2.75) is 39.2 Å². The SMILES string of the molecule is CCc1ccc(N2C[C@@H](C(=O)NCc3ccc(N4CCCC4=O)cc3)CC2=O)cc1. The van der Waals surface area contributed by atoms with E-state index in [2.05, 4.69) is 12.2 Å². The summed E-state index contributed by atoms with van der Waals surface area (Å²) in [6.45, 7) is 3.67. The molecular formula is C24H27N3O3. The number of carbonyl (C=O) groups excluding carboxylic acids is 3. The molecule has 2 fully saturated rings. The third-order valence-corrected chi connectivity index (χ3v) is 5.94. The van der Waals surface area contributed by atoms with Crippen LogP contribution in [0.2, 0.25) is 0 Å². The predicted molar refractivity (Wildman–Crippen MR) is 116 cm³/mol. The van der Waals surface area contributed by atoms with Crippen molar-refractivity contribution in [3.63, 3.8) is 0 Å². The van der Waals surface area contributed by atoms with Gasteiger partial charge in [0, 0.05) is 43.9 Å². The van der Waals surface area contributed by atoms with Crippen LogP contribution >= 0.6 is 0 Å². The maximum Gasteiger partial charge on any atom is 0.227 e. The third kappa shape index (κ3) is 4.22. The molecule has 4 rings (SSSR count). The topological polar surface area (TPSA) is 69.7 Å². The van der Waals surface area contributed by atoms with E-state index in [0.717, 1.165) is 36.3 Å². The van der Waals surface area contributed by atoms with Gasteiger partial charge in [-0.15, -0.1) is 0 Å². The van der Waals surface area contributed by atoms with E-state index >= 15 is 0 Å². The molecule has 6 nitrogen and oxygen atoms in total. The number of carbonyl (C=O) groups is 3. The van der Waals surface area contributed by atoms with Crippen molar-refractivity contribution in [3.8, 4) is 0 Å². The Morgan fingerprint density at radius 2 is 1.57 bits per heavy atom. The fourth-order valence-corrected chi connectivity index (χ4v) is 4.09. The molecule has 156 valence electrons. The second-order valence-corrected chi connectivity index (χ2v) is 7.96. The van der Waals surface area contributed by atoms with Gasteiger partial charge in [-0.1, -0.05) is 31.2 Å². The summed E-state index contributed by atoms with van der Waals surface area (Å²) in [5.41, 5.74) is 3.94. The van der Waals surface area contributed by atoms with Gasteiger partial charge in [-0.3, -0.25) is 14.4 Å². The Hall–Kier alpha value is -3.15. The summed E-state index contributed by atoms with van der Waals surface area (Å²) in [6, 6.07) is 15.7. The maximum absolute atomic E-state index is 12.6. The maximum atomic E-state index is 12.6. The monoisotopic (exact) mass is 405 g/mol. The van der Waals surface area contributed by atoms with Crippen molar-refractivity contribution < 1.29 is 14.4 Å². The minimum Gasteiger partial charge on any atom is -0.352 e. The van der Waals surface area contributed by atoms with Gasteiger partial charge in [-0.2, -0.15) is 0 Å². The number of rotatable bonds is 6. The Balaban J connectivity index is 1.32. The van der Waals surface area contributed by atoms with Crippen LogP contribution in [0.1, 0.15) is 37.3 Å². The molecule has 2 aliphatic heterocycles. The van der Waals surface area contributed by atoms with E-state index < -0.39 is 0 Å². The van der Waals surface area contributed by atoms with Crippen LogP contribution in [0.5, 0.6) is 0 Å². The number of anilines is 2. The van der Waals surface area contributed by atoms with Crippen molar-refractivity contribution in [1.82, 2.24) is 5.32 Å². The van der Waals surface area contributed by atoms with E-state index in [-0.39, 0.29) is 30.1 Å². The van der Waals surface area contributed by atoms with Gasteiger partial charge < -0.3 is 15.1 Å². The highest BCUT2D eigenvalue weighted by atomic mass is 16.2. The van der Waals surface area contributed by atoms with Crippen LogP contribution in [0, 0.1) is 5.92 Å². The van der Waals surface area contributed by atoms with Gasteiger partial charge in [-0.05, 0) is 48.2 Å². The average Bonchev–Trinajstić information content (AvgIpc) is 3.38. The highest BCUT2D eigenvalue weighted by Gasteiger charge is 2.35. The zero-order chi connectivity index (χ0) is 21.1. The van der Waals surface area contributed by atoms with Gasteiger partial charge in [-0.25, -0.2) is 0 Å². The Kier molecular flexibility index (Phi) is 5.84. The zero-order valence-electron chi connectivity index (χ0n) is 17.3. The molecular weight excluding hydrogens is 378 g/mol. The van der Waals surface area contributed by atoms with Crippen molar-refractivity contribution in [1.29, 1.82) is 0 Å².